The van der Waals surface area contributed by atoms with Gasteiger partial charge >= 0.3 is 0 Å². The van der Waals surface area contributed by atoms with Crippen molar-refractivity contribution < 1.29 is 8.42 Å². The first-order valence-corrected chi connectivity index (χ1v) is 13.9. The predicted molar refractivity (Wildman–Crippen MR) is 143 cm³/mol. The maximum absolute atomic E-state index is 12.1. The Morgan fingerprint density at radius 2 is 1.78 bits per heavy atom. The van der Waals surface area contributed by atoms with E-state index in [2.05, 4.69) is 30.1 Å². The van der Waals surface area contributed by atoms with Crippen LogP contribution in [0.4, 0.5) is 28.8 Å². The molecule has 0 unspecified atom stereocenters. The van der Waals surface area contributed by atoms with Crippen LogP contribution < -0.4 is 20.0 Å². The molecule has 192 valence electrons. The van der Waals surface area contributed by atoms with Gasteiger partial charge in [0, 0.05) is 64.6 Å². The summed E-state index contributed by atoms with van der Waals surface area (Å²) in [5, 5.41) is 3.33. The molecule has 5 rings (SSSR count). The maximum Gasteiger partial charge on any atom is 0.229 e. The van der Waals surface area contributed by atoms with Crippen molar-refractivity contribution in [1.29, 1.82) is 0 Å². The first-order chi connectivity index (χ1) is 17.3. The van der Waals surface area contributed by atoms with Gasteiger partial charge < -0.3 is 25.0 Å². The van der Waals surface area contributed by atoms with E-state index in [4.69, 9.17) is 4.98 Å². The molecule has 0 atom stereocenters. The van der Waals surface area contributed by atoms with Crippen LogP contribution in [0.1, 0.15) is 18.3 Å². The molecule has 1 aromatic carbocycles. The Balaban J connectivity index is 1.28. The molecule has 0 radical (unpaired) electrons. The molecule has 4 heterocycles. The standard InChI is InChI=1S/C24H33N9O2S/c1-4-36(34,35)33-13-11-31(12-14-33)19-7-5-18(6-8-19)28-24-25-15-22(30(2)3)23(29-24)32-10-9-20-21(16-32)27-17-26-20/h5-8,15,17H,4,9-14,16H2,1-3H3,(H,26,27)(H,25,28,29). The summed E-state index contributed by atoms with van der Waals surface area (Å²) < 4.78 is 25.8. The van der Waals surface area contributed by atoms with Crippen molar-refractivity contribution in [1.82, 2.24) is 24.2 Å². The van der Waals surface area contributed by atoms with Crippen LogP contribution >= 0.6 is 0 Å². The molecule has 3 aromatic rings. The van der Waals surface area contributed by atoms with Crippen LogP contribution in [0, 0.1) is 0 Å². The van der Waals surface area contributed by atoms with Gasteiger partial charge in [-0.15, -0.1) is 0 Å². The van der Waals surface area contributed by atoms with Crippen molar-refractivity contribution in [3.8, 4) is 0 Å². The van der Waals surface area contributed by atoms with Gasteiger partial charge in [-0.3, -0.25) is 0 Å². The molecule has 2 N–H and O–H groups in total. The molecule has 2 aliphatic rings. The molecule has 2 aliphatic heterocycles. The van der Waals surface area contributed by atoms with Crippen LogP contribution in [0.2, 0.25) is 0 Å². The zero-order valence-corrected chi connectivity index (χ0v) is 21.8. The number of nitrogens with one attached hydrogen (secondary N) is 2. The number of aromatic nitrogens is 4. The first kappa shape index (κ1) is 24.3. The normalized spacial score (nSPS) is 16.6. The number of nitrogens with zero attached hydrogens (tertiary/aromatic N) is 7. The summed E-state index contributed by atoms with van der Waals surface area (Å²) in [5.41, 5.74) is 5.18. The van der Waals surface area contributed by atoms with Gasteiger partial charge in [0.2, 0.25) is 16.0 Å². The number of anilines is 5. The molecule has 11 nitrogen and oxygen atoms in total. The lowest BCUT2D eigenvalue weighted by Crippen LogP contribution is -2.49. The summed E-state index contributed by atoms with van der Waals surface area (Å²) >= 11 is 0. The fourth-order valence-corrected chi connectivity index (χ4v) is 5.74. The van der Waals surface area contributed by atoms with E-state index in [0.29, 0.717) is 32.1 Å². The number of rotatable bonds is 7. The number of piperazine rings is 1. The molecule has 1 fully saturated rings. The minimum absolute atomic E-state index is 0.147. The highest BCUT2D eigenvalue weighted by molar-refractivity contribution is 7.89. The zero-order valence-electron chi connectivity index (χ0n) is 21.0. The molecule has 0 aliphatic carbocycles. The highest BCUT2D eigenvalue weighted by Crippen LogP contribution is 2.31. The van der Waals surface area contributed by atoms with Gasteiger partial charge in [0.25, 0.3) is 0 Å². The minimum Gasteiger partial charge on any atom is -0.373 e. The zero-order chi connectivity index (χ0) is 25.3. The van der Waals surface area contributed by atoms with Crippen LogP contribution in [0.15, 0.2) is 36.8 Å². The lowest BCUT2D eigenvalue weighted by atomic mass is 10.1. The lowest BCUT2D eigenvalue weighted by Gasteiger charge is -2.35. The molecule has 0 saturated carbocycles. The summed E-state index contributed by atoms with van der Waals surface area (Å²) in [4.78, 5) is 23.6. The largest absolute Gasteiger partial charge is 0.373 e. The minimum atomic E-state index is -3.13. The van der Waals surface area contributed by atoms with Crippen molar-refractivity contribution in [3.63, 3.8) is 0 Å². The van der Waals surface area contributed by atoms with E-state index in [0.717, 1.165) is 53.8 Å². The van der Waals surface area contributed by atoms with Gasteiger partial charge in [0.1, 0.15) is 0 Å². The first-order valence-electron chi connectivity index (χ1n) is 12.2. The molecule has 0 bridgehead atoms. The average Bonchev–Trinajstić information content (AvgIpc) is 3.37. The van der Waals surface area contributed by atoms with Gasteiger partial charge in [-0.25, -0.2) is 18.4 Å². The van der Waals surface area contributed by atoms with Crippen LogP contribution in [-0.2, 0) is 23.0 Å². The van der Waals surface area contributed by atoms with Gasteiger partial charge in [-0.05, 0) is 31.2 Å². The smallest absolute Gasteiger partial charge is 0.229 e. The van der Waals surface area contributed by atoms with Crippen molar-refractivity contribution >= 4 is 38.9 Å². The fraction of sp³-hybridized carbons (Fsp3) is 0.458. The van der Waals surface area contributed by atoms with E-state index in [-0.39, 0.29) is 5.75 Å². The molecule has 0 spiro atoms. The second kappa shape index (κ2) is 9.94. The molecular weight excluding hydrogens is 478 g/mol. The van der Waals surface area contributed by atoms with Crippen molar-refractivity contribution in [2.75, 3.05) is 72.6 Å². The number of fused-ring (bicyclic) bond motifs is 1. The van der Waals surface area contributed by atoms with E-state index in [1.807, 2.05) is 49.5 Å². The highest BCUT2D eigenvalue weighted by atomic mass is 32.2. The van der Waals surface area contributed by atoms with Crippen LogP contribution in [-0.4, -0.2) is 85.2 Å². The van der Waals surface area contributed by atoms with E-state index in [1.165, 1.54) is 0 Å². The molecule has 1 saturated heterocycles. The van der Waals surface area contributed by atoms with Gasteiger partial charge in [0.15, 0.2) is 5.82 Å². The van der Waals surface area contributed by atoms with Crippen molar-refractivity contribution in [3.05, 3.63) is 48.2 Å². The Kier molecular flexibility index (Phi) is 6.71. The number of H-pyrrole nitrogens is 1. The highest BCUT2D eigenvalue weighted by Gasteiger charge is 2.26. The number of hydrogen-bond donors (Lipinski definition) is 2. The molecular formula is C24H33N9O2S. The van der Waals surface area contributed by atoms with Gasteiger partial charge in [-0.2, -0.15) is 9.29 Å². The Morgan fingerprint density at radius 1 is 1.03 bits per heavy atom. The summed E-state index contributed by atoms with van der Waals surface area (Å²) in [7, 11) is 0.865. The fourth-order valence-electron chi connectivity index (χ4n) is 4.66. The number of aromatic amines is 1. The second-order valence-electron chi connectivity index (χ2n) is 9.25. The van der Waals surface area contributed by atoms with E-state index >= 15 is 0 Å². The summed E-state index contributed by atoms with van der Waals surface area (Å²) in [6.07, 6.45) is 4.48. The molecule has 36 heavy (non-hydrogen) atoms. The summed E-state index contributed by atoms with van der Waals surface area (Å²) in [5.74, 6) is 1.57. The van der Waals surface area contributed by atoms with Crippen molar-refractivity contribution in [2.45, 2.75) is 19.9 Å². The predicted octanol–water partition coefficient (Wildman–Crippen LogP) is 2.04. The third kappa shape index (κ3) is 4.96. The van der Waals surface area contributed by atoms with Gasteiger partial charge in [0.05, 0.1) is 41.9 Å². The summed E-state index contributed by atoms with van der Waals surface area (Å²) in [6, 6.07) is 8.11. The topological polar surface area (TPSA) is 114 Å². The third-order valence-corrected chi connectivity index (χ3v) is 8.67. The Morgan fingerprint density at radius 3 is 2.47 bits per heavy atom. The number of benzene rings is 1. The second-order valence-corrected chi connectivity index (χ2v) is 11.5. The third-order valence-electron chi connectivity index (χ3n) is 6.79. The Labute approximate surface area is 212 Å². The van der Waals surface area contributed by atoms with E-state index < -0.39 is 10.0 Å². The van der Waals surface area contributed by atoms with Crippen LogP contribution in [0.3, 0.4) is 0 Å². The molecule has 2 aromatic heterocycles. The Bertz CT molecular complexity index is 1300. The number of imidazole rings is 1. The maximum atomic E-state index is 12.1. The summed E-state index contributed by atoms with van der Waals surface area (Å²) in [6.45, 7) is 5.65. The van der Waals surface area contributed by atoms with Crippen molar-refractivity contribution in [2.24, 2.45) is 0 Å². The monoisotopic (exact) mass is 511 g/mol. The quantitative estimate of drug-likeness (QED) is 0.492. The SMILES string of the molecule is CCS(=O)(=O)N1CCN(c2ccc(Nc3ncc(N(C)C)c(N4CCc5nc[nH]c5C4)n3)cc2)CC1. The molecule has 12 heteroatoms. The van der Waals surface area contributed by atoms with Crippen LogP contribution in [0.5, 0.6) is 0 Å². The Hall–Kier alpha value is -3.38. The van der Waals surface area contributed by atoms with Gasteiger partial charge in [-0.1, -0.05) is 0 Å². The molecule has 0 amide bonds. The average molecular weight is 512 g/mol. The lowest BCUT2D eigenvalue weighted by molar-refractivity contribution is 0.385. The van der Waals surface area contributed by atoms with Crippen LogP contribution in [0.25, 0.3) is 0 Å². The van der Waals surface area contributed by atoms with E-state index in [1.54, 1.807) is 17.6 Å². The number of hydrogen-bond acceptors (Lipinski definition) is 9. The van der Waals surface area contributed by atoms with E-state index in [9.17, 15) is 8.42 Å². The number of sulfonamides is 1.